The van der Waals surface area contributed by atoms with Crippen LogP contribution in [0.3, 0.4) is 0 Å². The van der Waals surface area contributed by atoms with Crippen LogP contribution in [-0.4, -0.2) is 53.6 Å². The number of rotatable bonds is 6. The summed E-state index contributed by atoms with van der Waals surface area (Å²) in [5.74, 6) is 0.593. The van der Waals surface area contributed by atoms with E-state index < -0.39 is 0 Å². The molecular formula is C24H32N4O2. The van der Waals surface area contributed by atoms with Crippen LogP contribution in [0.25, 0.3) is 17.2 Å². The monoisotopic (exact) mass is 408 g/mol. The van der Waals surface area contributed by atoms with Gasteiger partial charge in [-0.2, -0.15) is 0 Å². The summed E-state index contributed by atoms with van der Waals surface area (Å²) >= 11 is 0. The first-order valence-corrected chi connectivity index (χ1v) is 10.5. The van der Waals surface area contributed by atoms with E-state index in [1.54, 1.807) is 19.3 Å². The first-order valence-electron chi connectivity index (χ1n) is 10.5. The van der Waals surface area contributed by atoms with Gasteiger partial charge < -0.3 is 14.5 Å². The van der Waals surface area contributed by atoms with Crippen molar-refractivity contribution in [2.24, 2.45) is 0 Å². The van der Waals surface area contributed by atoms with E-state index in [0.29, 0.717) is 6.61 Å². The summed E-state index contributed by atoms with van der Waals surface area (Å²) in [4.78, 5) is 24.9. The van der Waals surface area contributed by atoms with Gasteiger partial charge in [0, 0.05) is 49.7 Å². The van der Waals surface area contributed by atoms with Gasteiger partial charge in [0.25, 0.3) is 0 Å². The third-order valence-corrected chi connectivity index (χ3v) is 4.71. The second-order valence-electron chi connectivity index (χ2n) is 6.68. The van der Waals surface area contributed by atoms with Crippen molar-refractivity contribution in [3.05, 3.63) is 60.7 Å². The topological polar surface area (TPSA) is 58.6 Å². The molecule has 1 saturated heterocycles. The van der Waals surface area contributed by atoms with Gasteiger partial charge in [0.15, 0.2) is 0 Å². The van der Waals surface area contributed by atoms with E-state index in [1.165, 1.54) is 6.08 Å². The Bertz CT molecular complexity index is 871. The predicted octanol–water partition coefficient (Wildman–Crippen LogP) is 4.40. The van der Waals surface area contributed by atoms with Gasteiger partial charge in [0.1, 0.15) is 12.1 Å². The minimum Gasteiger partial charge on any atom is -0.463 e. The number of benzene rings is 1. The largest absolute Gasteiger partial charge is 0.463 e. The van der Waals surface area contributed by atoms with E-state index in [0.717, 1.165) is 54.4 Å². The first-order chi connectivity index (χ1) is 14.6. The van der Waals surface area contributed by atoms with Crippen LogP contribution in [0.15, 0.2) is 55.1 Å². The third-order valence-electron chi connectivity index (χ3n) is 4.71. The van der Waals surface area contributed by atoms with E-state index >= 15 is 0 Å². The Balaban J connectivity index is 0.00000155. The van der Waals surface area contributed by atoms with Crippen molar-refractivity contribution < 1.29 is 9.53 Å². The molecule has 0 atom stereocenters. The van der Waals surface area contributed by atoms with Gasteiger partial charge in [-0.1, -0.05) is 38.6 Å². The molecule has 6 heteroatoms. The smallest absolute Gasteiger partial charge is 0.330 e. The molecule has 0 saturated carbocycles. The third kappa shape index (κ3) is 6.17. The van der Waals surface area contributed by atoms with Crippen molar-refractivity contribution in [1.82, 2.24) is 14.9 Å². The molecule has 0 unspecified atom stereocenters. The quantitative estimate of drug-likeness (QED) is 0.522. The lowest BCUT2D eigenvalue weighted by molar-refractivity contribution is -0.137. The minimum absolute atomic E-state index is 0.341. The van der Waals surface area contributed by atoms with Gasteiger partial charge in [-0.15, -0.1) is 0 Å². The Morgan fingerprint density at radius 1 is 1.23 bits per heavy atom. The number of hydrogen-bond donors (Lipinski definition) is 0. The lowest BCUT2D eigenvalue weighted by Crippen LogP contribution is -2.45. The average Bonchev–Trinajstić information content (AvgIpc) is 2.79. The molecule has 2 heterocycles. The molecule has 0 aliphatic carbocycles. The Morgan fingerprint density at radius 3 is 2.63 bits per heavy atom. The molecule has 3 rings (SSSR count). The Morgan fingerprint density at radius 2 is 1.97 bits per heavy atom. The molecule has 2 aromatic rings. The van der Waals surface area contributed by atoms with Crippen LogP contribution in [0, 0.1) is 0 Å². The summed E-state index contributed by atoms with van der Waals surface area (Å²) in [5.41, 5.74) is 4.03. The predicted molar refractivity (Wildman–Crippen MR) is 123 cm³/mol. The molecule has 0 amide bonds. The fourth-order valence-corrected chi connectivity index (χ4v) is 3.24. The molecule has 1 aliphatic rings. The Hall–Kier alpha value is -3.15. The van der Waals surface area contributed by atoms with Gasteiger partial charge in [0.2, 0.25) is 0 Å². The van der Waals surface area contributed by atoms with Crippen molar-refractivity contribution in [2.75, 3.05) is 37.7 Å². The van der Waals surface area contributed by atoms with Crippen LogP contribution >= 0.6 is 0 Å². The zero-order valence-corrected chi connectivity index (χ0v) is 18.5. The molecule has 6 nitrogen and oxygen atoms in total. The normalized spacial score (nSPS) is 13.6. The van der Waals surface area contributed by atoms with E-state index in [1.807, 2.05) is 51.2 Å². The van der Waals surface area contributed by atoms with Gasteiger partial charge in [-0.05, 0) is 37.1 Å². The van der Waals surface area contributed by atoms with E-state index in [2.05, 4.69) is 26.3 Å². The number of ether oxygens (including phenoxy) is 1. The Labute approximate surface area is 179 Å². The number of anilines is 1. The lowest BCUT2D eigenvalue weighted by atomic mass is 10.0. The van der Waals surface area contributed by atoms with Gasteiger partial charge in [-0.3, -0.25) is 0 Å². The van der Waals surface area contributed by atoms with Gasteiger partial charge in [-0.25, -0.2) is 14.8 Å². The molecule has 0 radical (unpaired) electrons. The summed E-state index contributed by atoms with van der Waals surface area (Å²) in [6.07, 6.45) is 6.65. The van der Waals surface area contributed by atoms with E-state index in [9.17, 15) is 4.79 Å². The van der Waals surface area contributed by atoms with Crippen molar-refractivity contribution in [2.45, 2.75) is 27.7 Å². The van der Waals surface area contributed by atoms with Gasteiger partial charge >= 0.3 is 5.97 Å². The number of nitrogens with zero attached hydrogens (tertiary/aromatic N) is 4. The number of allylic oxidation sites excluding steroid dienone is 1. The first kappa shape index (κ1) is 23.1. The number of hydrogen-bond acceptors (Lipinski definition) is 6. The minimum atomic E-state index is -0.341. The Kier molecular flexibility index (Phi) is 9.06. The second kappa shape index (κ2) is 11.8. The SMILES string of the molecule is C=C(C)N1CCN(c2ncncc2-c2cccc(/C=C/C(=O)OCC)c2)CC1.CC. The summed E-state index contributed by atoms with van der Waals surface area (Å²) in [5, 5.41) is 0. The zero-order valence-electron chi connectivity index (χ0n) is 18.5. The number of carbonyl (C=O) groups is 1. The molecule has 1 aliphatic heterocycles. The van der Waals surface area contributed by atoms with E-state index in [-0.39, 0.29) is 5.97 Å². The van der Waals surface area contributed by atoms with Crippen LogP contribution in [0.1, 0.15) is 33.3 Å². The summed E-state index contributed by atoms with van der Waals surface area (Å²) in [6, 6.07) is 7.99. The molecule has 1 fully saturated rings. The van der Waals surface area contributed by atoms with Crippen LogP contribution in [0.4, 0.5) is 5.82 Å². The maximum Gasteiger partial charge on any atom is 0.330 e. The fourth-order valence-electron chi connectivity index (χ4n) is 3.24. The number of esters is 1. The lowest BCUT2D eigenvalue weighted by Gasteiger charge is -2.37. The highest BCUT2D eigenvalue weighted by molar-refractivity contribution is 5.87. The second-order valence-corrected chi connectivity index (χ2v) is 6.68. The average molecular weight is 409 g/mol. The maximum atomic E-state index is 11.6. The highest BCUT2D eigenvalue weighted by Gasteiger charge is 2.20. The van der Waals surface area contributed by atoms with Crippen LogP contribution in [0.2, 0.25) is 0 Å². The summed E-state index contributed by atoms with van der Waals surface area (Å²) in [6.45, 7) is 15.9. The van der Waals surface area contributed by atoms with Crippen LogP contribution in [-0.2, 0) is 9.53 Å². The molecule has 0 bridgehead atoms. The molecule has 160 valence electrons. The van der Waals surface area contributed by atoms with Crippen molar-refractivity contribution >= 4 is 17.9 Å². The van der Waals surface area contributed by atoms with Crippen molar-refractivity contribution in [3.63, 3.8) is 0 Å². The molecule has 0 N–H and O–H groups in total. The maximum absolute atomic E-state index is 11.6. The number of piperazine rings is 1. The molecule has 30 heavy (non-hydrogen) atoms. The highest BCUT2D eigenvalue weighted by Crippen LogP contribution is 2.29. The molecular weight excluding hydrogens is 376 g/mol. The van der Waals surface area contributed by atoms with Crippen LogP contribution < -0.4 is 4.90 Å². The van der Waals surface area contributed by atoms with E-state index in [4.69, 9.17) is 4.74 Å². The zero-order chi connectivity index (χ0) is 21.9. The summed E-state index contributed by atoms with van der Waals surface area (Å²) in [7, 11) is 0. The molecule has 0 spiro atoms. The highest BCUT2D eigenvalue weighted by atomic mass is 16.5. The van der Waals surface area contributed by atoms with Crippen molar-refractivity contribution in [1.29, 1.82) is 0 Å². The van der Waals surface area contributed by atoms with Crippen LogP contribution in [0.5, 0.6) is 0 Å². The van der Waals surface area contributed by atoms with Crippen molar-refractivity contribution in [3.8, 4) is 11.1 Å². The van der Waals surface area contributed by atoms with Gasteiger partial charge in [0.05, 0.1) is 6.61 Å². The number of carbonyl (C=O) groups excluding carboxylic acids is 1. The molecule has 1 aromatic carbocycles. The standard InChI is InChI=1S/C22H26N4O2.C2H6/c1-4-28-21(27)9-8-18-6-5-7-19(14-18)20-15-23-16-24-22(20)26-12-10-25(11-13-26)17(2)3;1-2/h5-9,14-16H,2,4,10-13H2,1,3H3;1-2H3/b9-8+;. The fraction of sp³-hybridized carbons (Fsp3) is 0.375. The summed E-state index contributed by atoms with van der Waals surface area (Å²) < 4.78 is 4.94. The number of aromatic nitrogens is 2. The molecule has 1 aromatic heterocycles.